The molecule has 0 aliphatic carbocycles. The number of esters is 1. The lowest BCUT2D eigenvalue weighted by atomic mass is 10.3. The highest BCUT2D eigenvalue weighted by molar-refractivity contribution is 8.00. The van der Waals surface area contributed by atoms with Crippen LogP contribution >= 0.6 is 23.5 Å². The second-order valence-electron chi connectivity index (χ2n) is 12.4. The number of hydrogen-bond acceptors (Lipinski definition) is 12. The number of rotatable bonds is 18. The van der Waals surface area contributed by atoms with Gasteiger partial charge in [-0.05, 0) is 24.3 Å². The normalized spacial score (nSPS) is 17.8. The number of carbonyl (C=O) groups excluding carboxylic acids is 3. The Morgan fingerprint density at radius 2 is 0.980 bits per heavy atom. The smallest absolute Gasteiger partial charge is 0.307 e. The molecule has 2 amide bonds. The fourth-order valence-electron chi connectivity index (χ4n) is 5.79. The summed E-state index contributed by atoms with van der Waals surface area (Å²) in [7, 11) is 0. The van der Waals surface area contributed by atoms with Crippen LogP contribution in [0, 0.1) is 0 Å². The largest absolute Gasteiger partial charge is 0.461 e. The fourth-order valence-corrected chi connectivity index (χ4v) is 7.94. The Hall–Kier alpha value is -2.69. The van der Waals surface area contributed by atoms with Crippen LogP contribution in [0.25, 0.3) is 0 Å². The Kier molecular flexibility index (Phi) is 16.7. The predicted molar refractivity (Wildman–Crippen MR) is 197 cm³/mol. The molecule has 3 saturated heterocycles. The van der Waals surface area contributed by atoms with Gasteiger partial charge in [0, 0.05) is 93.0 Å². The summed E-state index contributed by atoms with van der Waals surface area (Å²) in [5, 5.41) is 6.18. The summed E-state index contributed by atoms with van der Waals surface area (Å²) in [6, 6.07) is 15.5. The van der Waals surface area contributed by atoms with Crippen LogP contribution in [-0.2, 0) is 33.3 Å². The molecule has 5 rings (SSSR count). The second kappa shape index (κ2) is 21.6. The van der Waals surface area contributed by atoms with Crippen LogP contribution in [0.4, 0.5) is 11.4 Å². The average Bonchev–Trinajstić information content (AvgIpc) is 3.15. The highest BCUT2D eigenvalue weighted by Crippen LogP contribution is 2.32. The predicted octanol–water partition coefficient (Wildman–Crippen LogP) is 3.53. The van der Waals surface area contributed by atoms with Gasteiger partial charge >= 0.3 is 5.97 Å². The number of amides is 2. The van der Waals surface area contributed by atoms with Crippen LogP contribution < -0.4 is 10.6 Å². The number of anilines is 2. The molecule has 14 heteroatoms. The lowest BCUT2D eigenvalue weighted by molar-refractivity contribution is -0.147. The molecule has 2 aromatic carbocycles. The number of carbonyl (C=O) groups is 3. The van der Waals surface area contributed by atoms with E-state index < -0.39 is 6.10 Å². The monoisotopic (exact) mass is 729 g/mol. The molecular weight excluding hydrogens is 679 g/mol. The number of hydrogen-bond donors (Lipinski definition) is 2. The van der Waals surface area contributed by atoms with Gasteiger partial charge < -0.3 is 29.6 Å². The molecule has 0 unspecified atom stereocenters. The SMILES string of the molecule is O=C(CCN1CCOCC1)Nc1ccccc1SCC(CSc1ccccc1NC(=O)CCN1CCOCC1)OC(=O)CCN1CCOCC1. The van der Waals surface area contributed by atoms with E-state index >= 15 is 0 Å². The molecule has 3 heterocycles. The van der Waals surface area contributed by atoms with Crippen molar-refractivity contribution in [1.29, 1.82) is 0 Å². The summed E-state index contributed by atoms with van der Waals surface area (Å²) in [5.41, 5.74) is 1.50. The Bertz CT molecular complexity index is 1270. The highest BCUT2D eigenvalue weighted by Gasteiger charge is 2.21. The van der Waals surface area contributed by atoms with Crippen molar-refractivity contribution in [3.63, 3.8) is 0 Å². The number of nitrogens with zero attached hydrogens (tertiary/aromatic N) is 3. The fraction of sp³-hybridized carbons (Fsp3) is 0.583. The van der Waals surface area contributed by atoms with Crippen LogP contribution in [0.2, 0.25) is 0 Å². The molecule has 0 radical (unpaired) electrons. The number of benzene rings is 2. The number of thioether (sulfide) groups is 2. The first kappa shape index (κ1) is 38.5. The molecule has 0 spiro atoms. The van der Waals surface area contributed by atoms with E-state index in [9.17, 15) is 14.4 Å². The summed E-state index contributed by atoms with van der Waals surface area (Å²) < 4.78 is 22.4. The van der Waals surface area contributed by atoms with E-state index in [1.165, 1.54) is 0 Å². The van der Waals surface area contributed by atoms with Gasteiger partial charge in [0.25, 0.3) is 0 Å². The molecule has 3 aliphatic heterocycles. The van der Waals surface area contributed by atoms with Crippen LogP contribution in [0.1, 0.15) is 19.3 Å². The van der Waals surface area contributed by atoms with E-state index in [0.29, 0.717) is 90.0 Å². The Morgan fingerprint density at radius 3 is 1.40 bits per heavy atom. The van der Waals surface area contributed by atoms with Crippen molar-refractivity contribution >= 4 is 52.7 Å². The van der Waals surface area contributed by atoms with Gasteiger partial charge in [-0.3, -0.25) is 29.1 Å². The molecule has 3 fully saturated rings. The molecule has 274 valence electrons. The van der Waals surface area contributed by atoms with Crippen molar-refractivity contribution in [2.45, 2.75) is 35.2 Å². The third kappa shape index (κ3) is 13.8. The van der Waals surface area contributed by atoms with Crippen molar-refractivity contribution in [1.82, 2.24) is 14.7 Å². The van der Waals surface area contributed by atoms with Crippen LogP contribution in [0.15, 0.2) is 58.3 Å². The maximum atomic E-state index is 13.1. The molecule has 2 N–H and O–H groups in total. The lowest BCUT2D eigenvalue weighted by Gasteiger charge is -2.26. The van der Waals surface area contributed by atoms with Crippen molar-refractivity contribution < 1.29 is 33.3 Å². The molecule has 0 bridgehead atoms. The van der Waals surface area contributed by atoms with Crippen molar-refractivity contribution in [2.75, 3.05) is 121 Å². The van der Waals surface area contributed by atoms with E-state index in [0.717, 1.165) is 60.4 Å². The Labute approximate surface area is 304 Å². The summed E-state index contributed by atoms with van der Waals surface area (Å²) in [6.07, 6.45) is 0.708. The molecule has 0 aromatic heterocycles. The first-order valence-electron chi connectivity index (χ1n) is 17.6. The second-order valence-corrected chi connectivity index (χ2v) is 14.6. The average molecular weight is 730 g/mol. The molecule has 0 saturated carbocycles. The summed E-state index contributed by atoms with van der Waals surface area (Å²) in [6.45, 7) is 11.2. The summed E-state index contributed by atoms with van der Waals surface area (Å²) in [5.74, 6) is 0.706. The van der Waals surface area contributed by atoms with Crippen molar-refractivity contribution in [3.8, 4) is 0 Å². The van der Waals surface area contributed by atoms with Crippen LogP contribution in [-0.4, -0.2) is 149 Å². The Morgan fingerprint density at radius 1 is 0.600 bits per heavy atom. The zero-order valence-electron chi connectivity index (χ0n) is 28.9. The standard InChI is InChI=1S/C36H51N5O7S2/c42-34(9-12-39-15-21-45-22-16-39)37-30-5-1-3-7-32(30)49-27-29(48-36(44)11-14-41-19-25-47-26-20-41)28-50-33-8-4-2-6-31(33)38-35(43)10-13-40-17-23-46-24-18-40/h1-8,29H,9-28H2,(H,37,42)(H,38,43). The van der Waals surface area contributed by atoms with Gasteiger partial charge in [0.15, 0.2) is 0 Å². The number of ether oxygens (including phenoxy) is 4. The summed E-state index contributed by atoms with van der Waals surface area (Å²) in [4.78, 5) is 47.4. The molecule has 0 atom stereocenters. The van der Waals surface area contributed by atoms with E-state index in [-0.39, 0.29) is 17.8 Å². The van der Waals surface area contributed by atoms with Gasteiger partial charge in [-0.25, -0.2) is 0 Å². The molecule has 2 aromatic rings. The topological polar surface area (TPSA) is 122 Å². The lowest BCUT2D eigenvalue weighted by Crippen LogP contribution is -2.38. The maximum absolute atomic E-state index is 13.1. The zero-order chi connectivity index (χ0) is 34.8. The molecule has 50 heavy (non-hydrogen) atoms. The van der Waals surface area contributed by atoms with Gasteiger partial charge in [0.2, 0.25) is 11.8 Å². The molecular formula is C36H51N5O7S2. The van der Waals surface area contributed by atoms with E-state index in [2.05, 4.69) is 25.3 Å². The number of para-hydroxylation sites is 2. The van der Waals surface area contributed by atoms with Crippen LogP contribution in [0.3, 0.4) is 0 Å². The van der Waals surface area contributed by atoms with Gasteiger partial charge in [-0.15, -0.1) is 23.5 Å². The number of morpholine rings is 3. The van der Waals surface area contributed by atoms with Crippen molar-refractivity contribution in [3.05, 3.63) is 48.5 Å². The molecule has 3 aliphatic rings. The van der Waals surface area contributed by atoms with Gasteiger partial charge in [0.05, 0.1) is 57.4 Å². The van der Waals surface area contributed by atoms with E-state index in [1.54, 1.807) is 23.5 Å². The maximum Gasteiger partial charge on any atom is 0.307 e. The third-order valence-electron chi connectivity index (χ3n) is 8.72. The Balaban J connectivity index is 1.17. The highest BCUT2D eigenvalue weighted by atomic mass is 32.2. The van der Waals surface area contributed by atoms with Gasteiger partial charge in [0.1, 0.15) is 6.10 Å². The molecule has 12 nitrogen and oxygen atoms in total. The first-order chi connectivity index (χ1) is 24.5. The van der Waals surface area contributed by atoms with E-state index in [4.69, 9.17) is 18.9 Å². The summed E-state index contributed by atoms with van der Waals surface area (Å²) >= 11 is 3.12. The third-order valence-corrected chi connectivity index (χ3v) is 11.1. The number of nitrogens with one attached hydrogen (secondary N) is 2. The minimum atomic E-state index is -0.405. The van der Waals surface area contributed by atoms with Gasteiger partial charge in [-0.1, -0.05) is 24.3 Å². The van der Waals surface area contributed by atoms with Crippen LogP contribution in [0.5, 0.6) is 0 Å². The van der Waals surface area contributed by atoms with Crippen molar-refractivity contribution in [2.24, 2.45) is 0 Å². The zero-order valence-corrected chi connectivity index (χ0v) is 30.5. The minimum absolute atomic E-state index is 0.0326. The minimum Gasteiger partial charge on any atom is -0.461 e. The van der Waals surface area contributed by atoms with E-state index in [1.807, 2.05) is 48.5 Å². The van der Waals surface area contributed by atoms with Gasteiger partial charge in [-0.2, -0.15) is 0 Å². The quantitative estimate of drug-likeness (QED) is 0.173. The first-order valence-corrected chi connectivity index (χ1v) is 19.6.